The van der Waals surface area contributed by atoms with Crippen LogP contribution in [0.15, 0.2) is 47.8 Å². The number of carbonyl (C=O) groups is 1. The summed E-state index contributed by atoms with van der Waals surface area (Å²) in [5, 5.41) is 15.1. The van der Waals surface area contributed by atoms with E-state index in [0.29, 0.717) is 28.8 Å². The summed E-state index contributed by atoms with van der Waals surface area (Å²) < 4.78 is 5.00. The van der Waals surface area contributed by atoms with Crippen LogP contribution < -0.4 is 9.80 Å². The van der Waals surface area contributed by atoms with Crippen molar-refractivity contribution in [2.75, 3.05) is 36.5 Å². The fraction of sp³-hybridized carbons (Fsp3) is 0.238. The maximum atomic E-state index is 12.6. The summed E-state index contributed by atoms with van der Waals surface area (Å²) in [7, 11) is 1.31. The summed E-state index contributed by atoms with van der Waals surface area (Å²) >= 11 is 13.6. The molecule has 8 nitrogen and oxygen atoms in total. The first-order valence-corrected chi connectivity index (χ1v) is 11.3. The second kappa shape index (κ2) is 9.32. The third-order valence-corrected chi connectivity index (χ3v) is 6.86. The number of para-hydroxylation sites is 2. The van der Waals surface area contributed by atoms with Crippen molar-refractivity contribution in [3.05, 3.63) is 68.0 Å². The number of methoxy groups -OCH3 is 1. The van der Waals surface area contributed by atoms with Crippen molar-refractivity contribution in [1.29, 1.82) is 0 Å². The van der Waals surface area contributed by atoms with Gasteiger partial charge in [0, 0.05) is 30.1 Å². The molecule has 166 valence electrons. The quantitative estimate of drug-likeness (QED) is 0.284. The number of thiazole rings is 1. The Labute approximate surface area is 198 Å². The predicted molar refractivity (Wildman–Crippen MR) is 126 cm³/mol. The van der Waals surface area contributed by atoms with Crippen molar-refractivity contribution >= 4 is 57.0 Å². The van der Waals surface area contributed by atoms with Gasteiger partial charge in [-0.25, -0.2) is 9.78 Å². The Bertz CT molecular complexity index is 1170. The summed E-state index contributed by atoms with van der Waals surface area (Å²) in [6.45, 7) is 1.22. The summed E-state index contributed by atoms with van der Waals surface area (Å²) in [6.07, 6.45) is 0. The van der Waals surface area contributed by atoms with E-state index < -0.39 is 16.9 Å². The smallest absolute Gasteiger partial charge is 0.330 e. The number of benzene rings is 2. The van der Waals surface area contributed by atoms with E-state index in [0.717, 1.165) is 16.4 Å². The van der Waals surface area contributed by atoms with Crippen LogP contribution in [0.25, 0.3) is 11.3 Å². The number of rotatable bonds is 5. The average Bonchev–Trinajstić information content (AvgIpc) is 3.30. The summed E-state index contributed by atoms with van der Waals surface area (Å²) in [5.74, 6) is -0.464. The molecule has 0 radical (unpaired) electrons. The Hall–Kier alpha value is -2.88. The number of anilines is 2. The van der Waals surface area contributed by atoms with Gasteiger partial charge in [0.1, 0.15) is 11.7 Å². The lowest BCUT2D eigenvalue weighted by Gasteiger charge is -2.40. The van der Waals surface area contributed by atoms with Gasteiger partial charge >= 0.3 is 5.97 Å². The van der Waals surface area contributed by atoms with Gasteiger partial charge in [0.15, 0.2) is 5.13 Å². The van der Waals surface area contributed by atoms with Gasteiger partial charge < -0.3 is 14.5 Å². The molecule has 1 aliphatic heterocycles. The summed E-state index contributed by atoms with van der Waals surface area (Å²) in [6, 6.07) is 11.0. The molecule has 1 aromatic heterocycles. The zero-order valence-electron chi connectivity index (χ0n) is 16.9. The first-order valence-electron chi connectivity index (χ1n) is 9.63. The molecule has 0 spiro atoms. The lowest BCUT2D eigenvalue weighted by atomic mass is 10.1. The Balaban J connectivity index is 1.61. The Morgan fingerprint density at radius 1 is 1.22 bits per heavy atom. The normalized spacial score (nSPS) is 16.2. The number of nitrogens with zero attached hydrogens (tertiary/aromatic N) is 4. The predicted octanol–water partition coefficient (Wildman–Crippen LogP) is 4.89. The number of aromatic nitrogens is 1. The number of nitro groups is 1. The molecule has 1 unspecified atom stereocenters. The molecule has 1 aliphatic rings. The minimum Gasteiger partial charge on any atom is -0.467 e. The van der Waals surface area contributed by atoms with Crippen molar-refractivity contribution in [3.63, 3.8) is 0 Å². The third kappa shape index (κ3) is 4.36. The van der Waals surface area contributed by atoms with Crippen molar-refractivity contribution in [1.82, 2.24) is 4.98 Å². The average molecular weight is 493 g/mol. The van der Waals surface area contributed by atoms with Crippen LogP contribution in [-0.2, 0) is 9.53 Å². The van der Waals surface area contributed by atoms with Gasteiger partial charge in [-0.3, -0.25) is 10.1 Å². The van der Waals surface area contributed by atoms with E-state index >= 15 is 0 Å². The molecule has 0 aliphatic carbocycles. The SMILES string of the molecule is COC(=O)C1CN(c2nc(-c3ccc(Cl)c(Cl)c3)cs2)CCN1c1ccccc1[N+](=O)[O-]. The highest BCUT2D eigenvalue weighted by molar-refractivity contribution is 7.14. The molecular formula is C21H18Cl2N4O4S. The number of hydrogen-bond acceptors (Lipinski definition) is 8. The Morgan fingerprint density at radius 2 is 2.00 bits per heavy atom. The number of ether oxygens (including phenoxy) is 1. The number of carbonyl (C=O) groups excluding carboxylic acids is 1. The molecule has 3 aromatic rings. The second-order valence-corrected chi connectivity index (χ2v) is 8.72. The van der Waals surface area contributed by atoms with Crippen LogP contribution in [-0.4, -0.2) is 48.7 Å². The highest BCUT2D eigenvalue weighted by Crippen LogP contribution is 2.35. The second-order valence-electron chi connectivity index (χ2n) is 7.07. The lowest BCUT2D eigenvalue weighted by molar-refractivity contribution is -0.384. The van der Waals surface area contributed by atoms with Crippen LogP contribution in [0.4, 0.5) is 16.5 Å². The molecule has 0 amide bonds. The third-order valence-electron chi connectivity index (χ3n) is 5.22. The summed E-state index contributed by atoms with van der Waals surface area (Å²) in [4.78, 5) is 32.1. The van der Waals surface area contributed by atoms with Crippen LogP contribution >= 0.6 is 34.5 Å². The van der Waals surface area contributed by atoms with E-state index in [1.807, 2.05) is 16.3 Å². The largest absolute Gasteiger partial charge is 0.467 e. The molecule has 2 aromatic carbocycles. The molecule has 11 heteroatoms. The van der Waals surface area contributed by atoms with Gasteiger partial charge in [0.2, 0.25) is 0 Å². The highest BCUT2D eigenvalue weighted by atomic mass is 35.5. The molecule has 0 bridgehead atoms. The van der Waals surface area contributed by atoms with Gasteiger partial charge in [-0.05, 0) is 18.2 Å². The van der Waals surface area contributed by atoms with Crippen molar-refractivity contribution in [3.8, 4) is 11.3 Å². The maximum Gasteiger partial charge on any atom is 0.330 e. The molecule has 1 saturated heterocycles. The van der Waals surface area contributed by atoms with E-state index in [9.17, 15) is 14.9 Å². The van der Waals surface area contributed by atoms with Gasteiger partial charge in [0.25, 0.3) is 5.69 Å². The van der Waals surface area contributed by atoms with Crippen molar-refractivity contribution in [2.24, 2.45) is 0 Å². The van der Waals surface area contributed by atoms with Gasteiger partial charge in [-0.2, -0.15) is 0 Å². The zero-order valence-corrected chi connectivity index (χ0v) is 19.2. The molecule has 0 N–H and O–H groups in total. The fourth-order valence-corrected chi connectivity index (χ4v) is 4.81. The van der Waals surface area contributed by atoms with Gasteiger partial charge in [-0.15, -0.1) is 11.3 Å². The van der Waals surface area contributed by atoms with Crippen molar-refractivity contribution < 1.29 is 14.5 Å². The van der Waals surface area contributed by atoms with Crippen LogP contribution in [0.3, 0.4) is 0 Å². The zero-order chi connectivity index (χ0) is 22.8. The minimum absolute atomic E-state index is 0.0500. The van der Waals surface area contributed by atoms with E-state index in [1.54, 1.807) is 35.2 Å². The molecular weight excluding hydrogens is 475 g/mol. The van der Waals surface area contributed by atoms with Crippen LogP contribution in [0.2, 0.25) is 10.0 Å². The molecule has 1 atom stereocenters. The van der Waals surface area contributed by atoms with E-state index in [-0.39, 0.29) is 12.2 Å². The van der Waals surface area contributed by atoms with E-state index in [4.69, 9.17) is 32.9 Å². The maximum absolute atomic E-state index is 12.6. The Morgan fingerprint density at radius 3 is 2.72 bits per heavy atom. The lowest BCUT2D eigenvalue weighted by Crippen LogP contribution is -2.57. The van der Waals surface area contributed by atoms with Crippen LogP contribution in [0.1, 0.15) is 0 Å². The molecule has 32 heavy (non-hydrogen) atoms. The molecule has 4 rings (SSSR count). The van der Waals surface area contributed by atoms with Gasteiger partial charge in [-0.1, -0.05) is 41.4 Å². The number of esters is 1. The van der Waals surface area contributed by atoms with Gasteiger partial charge in [0.05, 0.1) is 34.3 Å². The minimum atomic E-state index is -0.716. The van der Waals surface area contributed by atoms with E-state index in [2.05, 4.69) is 0 Å². The molecule has 1 fully saturated rings. The number of halogens is 2. The standard InChI is InChI=1S/C21H18Cl2N4O4S/c1-31-20(28)19-11-25(8-9-26(19)17-4-2-3-5-18(17)27(29)30)21-24-16(12-32-21)13-6-7-14(22)15(23)10-13/h2-7,10,12,19H,8-9,11H2,1H3. The number of nitro benzene ring substituents is 1. The van der Waals surface area contributed by atoms with Crippen molar-refractivity contribution in [2.45, 2.75) is 6.04 Å². The van der Waals surface area contributed by atoms with Crippen LogP contribution in [0, 0.1) is 10.1 Å². The topological polar surface area (TPSA) is 88.8 Å². The summed E-state index contributed by atoms with van der Waals surface area (Å²) in [5.41, 5.74) is 1.93. The monoisotopic (exact) mass is 492 g/mol. The number of piperazine rings is 1. The first-order chi connectivity index (χ1) is 15.4. The first kappa shape index (κ1) is 22.3. The Kier molecular flexibility index (Phi) is 6.50. The number of hydrogen-bond donors (Lipinski definition) is 0. The molecule has 0 saturated carbocycles. The molecule has 2 heterocycles. The van der Waals surface area contributed by atoms with Crippen LogP contribution in [0.5, 0.6) is 0 Å². The highest BCUT2D eigenvalue weighted by Gasteiger charge is 2.37. The van der Waals surface area contributed by atoms with E-state index in [1.165, 1.54) is 24.5 Å². The fourth-order valence-electron chi connectivity index (χ4n) is 3.64.